The van der Waals surface area contributed by atoms with Crippen molar-refractivity contribution < 1.29 is 28.0 Å². The van der Waals surface area contributed by atoms with Gasteiger partial charge in [0.2, 0.25) is 5.91 Å². The minimum absolute atomic E-state index is 0.138. The zero-order valence-corrected chi connectivity index (χ0v) is 11.9. The Hall–Kier alpha value is -0.350. The third-order valence-electron chi connectivity index (χ3n) is 2.25. The fourth-order valence-corrected chi connectivity index (χ4v) is 2.44. The van der Waals surface area contributed by atoms with Crippen LogP contribution in [0.3, 0.4) is 0 Å². The molecule has 108 valence electrons. The number of carbonyl (C=O) groups excluding carboxylic acids is 1. The van der Waals surface area contributed by atoms with Gasteiger partial charge in [-0.15, -0.1) is 0 Å². The molecule has 1 atom stereocenters. The topological polar surface area (TPSA) is 124 Å². The molecule has 18 heavy (non-hydrogen) atoms. The zero-order chi connectivity index (χ0) is 14.4. The van der Waals surface area contributed by atoms with E-state index < -0.39 is 26.6 Å². The van der Waals surface area contributed by atoms with Crippen molar-refractivity contribution in [2.24, 2.45) is 5.41 Å². The van der Waals surface area contributed by atoms with Crippen molar-refractivity contribution in [2.45, 2.75) is 26.4 Å². The van der Waals surface area contributed by atoms with Gasteiger partial charge in [-0.05, 0) is 17.2 Å². The van der Waals surface area contributed by atoms with Gasteiger partial charge in [0, 0.05) is 17.7 Å². The molecule has 0 aromatic rings. The van der Waals surface area contributed by atoms with Crippen molar-refractivity contribution >= 4 is 25.9 Å². The van der Waals surface area contributed by atoms with Gasteiger partial charge in [0.25, 0.3) is 0 Å². The molecule has 0 heterocycles. The van der Waals surface area contributed by atoms with Gasteiger partial charge in [-0.1, -0.05) is 13.8 Å². The van der Waals surface area contributed by atoms with E-state index in [9.17, 15) is 18.3 Å². The van der Waals surface area contributed by atoms with Crippen molar-refractivity contribution in [2.75, 3.05) is 18.9 Å². The average Bonchev–Trinajstić information content (AvgIpc) is 2.25. The van der Waals surface area contributed by atoms with Crippen LogP contribution in [0.25, 0.3) is 0 Å². The summed E-state index contributed by atoms with van der Waals surface area (Å²) in [5.74, 6) is -0.482. The van der Waals surface area contributed by atoms with Crippen LogP contribution in [-0.4, -0.2) is 54.1 Å². The van der Waals surface area contributed by atoms with E-state index in [0.29, 0.717) is 17.2 Å². The number of hydrogen-bond donors (Lipinski definition) is 4. The number of nitrogens with one attached hydrogen (secondary N) is 1. The van der Waals surface area contributed by atoms with Gasteiger partial charge in [0.1, 0.15) is 6.10 Å². The summed E-state index contributed by atoms with van der Waals surface area (Å²) in [5.41, 5.74) is -0.937. The van der Waals surface area contributed by atoms with Crippen LogP contribution >= 0.6 is 10.8 Å². The maximum atomic E-state index is 11.5. The van der Waals surface area contributed by atoms with Gasteiger partial charge in [-0.3, -0.25) is 9.35 Å². The van der Waals surface area contributed by atoms with Crippen molar-refractivity contribution in [1.29, 1.82) is 0 Å². The fraction of sp³-hybridized carbons (Fsp3) is 0.889. The van der Waals surface area contributed by atoms with E-state index in [4.69, 9.17) is 9.66 Å². The number of aliphatic hydroxyl groups excluding tert-OH is 2. The monoisotopic (exact) mass is 301 g/mol. The van der Waals surface area contributed by atoms with Crippen LogP contribution in [0.5, 0.6) is 0 Å². The van der Waals surface area contributed by atoms with E-state index in [-0.39, 0.29) is 18.9 Å². The number of aliphatic hydroxyl groups is 2. The normalized spacial score (nSPS) is 14.3. The van der Waals surface area contributed by atoms with E-state index in [1.54, 1.807) is 13.8 Å². The highest BCUT2D eigenvalue weighted by molar-refractivity contribution is 8.69. The molecule has 0 rings (SSSR count). The summed E-state index contributed by atoms with van der Waals surface area (Å²) in [6.45, 7) is 2.94. The van der Waals surface area contributed by atoms with E-state index in [1.165, 1.54) is 0 Å². The highest BCUT2D eigenvalue weighted by atomic mass is 33.1. The van der Waals surface area contributed by atoms with Gasteiger partial charge in [-0.2, -0.15) is 8.42 Å². The van der Waals surface area contributed by atoms with Crippen LogP contribution in [0.1, 0.15) is 20.3 Å². The predicted octanol–water partition coefficient (Wildman–Crippen LogP) is -0.592. The highest BCUT2D eigenvalue weighted by Crippen LogP contribution is 2.19. The maximum absolute atomic E-state index is 11.5. The summed E-state index contributed by atoms with van der Waals surface area (Å²) >= 11 is 0. The largest absolute Gasteiger partial charge is 0.396 e. The SMILES string of the molecule is CC(C)(CO)C(O)C(=O)NCCCSS(=O)(=O)O. The molecule has 9 heteroatoms. The maximum Gasteiger partial charge on any atom is 0.319 e. The molecule has 0 saturated heterocycles. The first kappa shape index (κ1) is 17.6. The quantitative estimate of drug-likeness (QED) is 0.268. The number of hydrogen-bond acceptors (Lipinski definition) is 6. The third-order valence-corrected chi connectivity index (χ3v) is 4.40. The summed E-state index contributed by atoms with van der Waals surface area (Å²) in [6, 6.07) is 0. The summed E-state index contributed by atoms with van der Waals surface area (Å²) in [7, 11) is -3.67. The molecular formula is C9H19NO6S2. The Bertz CT molecular complexity index is 367. The molecule has 0 radical (unpaired) electrons. The van der Waals surface area contributed by atoms with Crippen LogP contribution in [-0.2, 0) is 13.9 Å². The molecule has 0 aromatic heterocycles. The summed E-state index contributed by atoms with van der Waals surface area (Å²) < 4.78 is 29.2. The molecule has 0 saturated carbocycles. The Morgan fingerprint density at radius 3 is 2.44 bits per heavy atom. The Morgan fingerprint density at radius 2 is 2.00 bits per heavy atom. The van der Waals surface area contributed by atoms with Gasteiger partial charge in [0.15, 0.2) is 0 Å². The molecule has 1 unspecified atom stereocenters. The second kappa shape index (κ2) is 7.29. The van der Waals surface area contributed by atoms with Gasteiger partial charge in [-0.25, -0.2) is 0 Å². The first-order valence-electron chi connectivity index (χ1n) is 5.28. The molecule has 0 aliphatic carbocycles. The van der Waals surface area contributed by atoms with Crippen LogP contribution in [0.2, 0.25) is 0 Å². The van der Waals surface area contributed by atoms with Crippen LogP contribution in [0.4, 0.5) is 0 Å². The second-order valence-electron chi connectivity index (χ2n) is 4.44. The van der Waals surface area contributed by atoms with E-state index in [1.807, 2.05) is 0 Å². The Labute approximate surface area is 110 Å². The number of rotatable bonds is 8. The Morgan fingerprint density at radius 1 is 1.44 bits per heavy atom. The molecule has 0 spiro atoms. The summed E-state index contributed by atoms with van der Waals surface area (Å²) in [6.07, 6.45) is -1.00. The van der Waals surface area contributed by atoms with Crippen LogP contribution < -0.4 is 5.32 Å². The predicted molar refractivity (Wildman–Crippen MR) is 68.5 cm³/mol. The molecule has 0 aliphatic heterocycles. The first-order chi connectivity index (χ1) is 8.10. The third kappa shape index (κ3) is 7.17. The van der Waals surface area contributed by atoms with Crippen molar-refractivity contribution in [1.82, 2.24) is 5.32 Å². The van der Waals surface area contributed by atoms with Crippen molar-refractivity contribution in [3.63, 3.8) is 0 Å². The summed E-state index contributed by atoms with van der Waals surface area (Å²) in [4.78, 5) is 11.5. The molecule has 7 nitrogen and oxygen atoms in total. The minimum atomic E-state index is -4.05. The number of carbonyl (C=O) groups is 1. The summed E-state index contributed by atoms with van der Waals surface area (Å²) in [5, 5.41) is 21.0. The minimum Gasteiger partial charge on any atom is -0.396 e. The van der Waals surface area contributed by atoms with Gasteiger partial charge < -0.3 is 15.5 Å². The standard InChI is InChI=1S/C9H19NO6S2/c1-9(2,6-11)7(12)8(13)10-4-3-5-17-18(14,15)16/h7,11-12H,3-6H2,1-2H3,(H,10,13)(H,14,15,16). The average molecular weight is 301 g/mol. The highest BCUT2D eigenvalue weighted by Gasteiger charge is 2.32. The molecule has 0 bridgehead atoms. The molecule has 0 fully saturated rings. The Balaban J connectivity index is 3.92. The van der Waals surface area contributed by atoms with Gasteiger partial charge in [0.05, 0.1) is 6.61 Å². The smallest absolute Gasteiger partial charge is 0.319 e. The van der Waals surface area contributed by atoms with Crippen LogP contribution in [0.15, 0.2) is 0 Å². The van der Waals surface area contributed by atoms with Crippen molar-refractivity contribution in [3.05, 3.63) is 0 Å². The van der Waals surface area contributed by atoms with E-state index in [2.05, 4.69) is 5.32 Å². The molecule has 0 aromatic carbocycles. The lowest BCUT2D eigenvalue weighted by atomic mass is 9.87. The zero-order valence-electron chi connectivity index (χ0n) is 10.3. The molecule has 0 aliphatic rings. The lowest BCUT2D eigenvalue weighted by Crippen LogP contribution is -2.45. The molecule has 1 amide bonds. The second-order valence-corrected chi connectivity index (χ2v) is 7.91. The fourth-order valence-electron chi connectivity index (χ4n) is 0.986. The molecular weight excluding hydrogens is 282 g/mol. The lowest BCUT2D eigenvalue weighted by Gasteiger charge is -2.27. The van der Waals surface area contributed by atoms with Crippen LogP contribution in [0, 0.1) is 5.41 Å². The van der Waals surface area contributed by atoms with E-state index >= 15 is 0 Å². The Kier molecular flexibility index (Phi) is 7.15. The molecule has 4 N–H and O–H groups in total. The first-order valence-corrected chi connectivity index (χ1v) is 8.23. The van der Waals surface area contributed by atoms with E-state index in [0.717, 1.165) is 0 Å². The van der Waals surface area contributed by atoms with Crippen molar-refractivity contribution in [3.8, 4) is 0 Å². The number of amides is 1. The lowest BCUT2D eigenvalue weighted by molar-refractivity contribution is -0.137. The van der Waals surface area contributed by atoms with Gasteiger partial charge >= 0.3 is 9.15 Å².